The molecule has 0 saturated carbocycles. The lowest BCUT2D eigenvalue weighted by molar-refractivity contribution is -0.136. The van der Waals surface area contributed by atoms with Gasteiger partial charge in [-0.2, -0.15) is 0 Å². The molecule has 9 nitrogen and oxygen atoms in total. The summed E-state index contributed by atoms with van der Waals surface area (Å²) in [6.07, 6.45) is -1.28. The number of rotatable bonds is 8. The van der Waals surface area contributed by atoms with Crippen molar-refractivity contribution < 1.29 is 29.4 Å². The van der Waals surface area contributed by atoms with Crippen LogP contribution in [-0.2, 0) is 25.6 Å². The zero-order valence-corrected chi connectivity index (χ0v) is 12.9. The van der Waals surface area contributed by atoms with Crippen molar-refractivity contribution >= 4 is 24.0 Å². The van der Waals surface area contributed by atoms with Crippen molar-refractivity contribution in [2.45, 2.75) is 31.5 Å². The molecule has 0 unspecified atom stereocenters. The highest BCUT2D eigenvalue weighted by molar-refractivity contribution is 6.24. The van der Waals surface area contributed by atoms with Gasteiger partial charge >= 0.3 is 0 Å². The number of carbonyl (C=O) groups is 4. The van der Waals surface area contributed by atoms with E-state index in [1.807, 2.05) is 5.32 Å². The van der Waals surface area contributed by atoms with Gasteiger partial charge in [-0.1, -0.05) is 12.1 Å². The summed E-state index contributed by atoms with van der Waals surface area (Å²) in [6.45, 7) is 1.24. The Morgan fingerprint density at radius 2 is 1.79 bits per heavy atom. The van der Waals surface area contributed by atoms with Gasteiger partial charge in [0.05, 0.1) is 6.10 Å². The predicted octanol–water partition coefficient (Wildman–Crippen LogP) is -2.03. The number of amides is 3. The van der Waals surface area contributed by atoms with Crippen LogP contribution in [0.15, 0.2) is 24.3 Å². The molecule has 9 heteroatoms. The number of aldehydes is 1. The van der Waals surface area contributed by atoms with Gasteiger partial charge < -0.3 is 26.6 Å². The summed E-state index contributed by atoms with van der Waals surface area (Å²) in [4.78, 5) is 45.1. The number of nitrogens with two attached hydrogens (primary N) is 1. The van der Waals surface area contributed by atoms with Gasteiger partial charge in [0.2, 0.25) is 18.1 Å². The van der Waals surface area contributed by atoms with Crippen LogP contribution in [0.5, 0.6) is 5.75 Å². The molecule has 0 saturated heterocycles. The first-order valence-electron chi connectivity index (χ1n) is 7.06. The highest BCUT2D eigenvalue weighted by atomic mass is 16.3. The molecule has 3 amide bonds. The molecule has 6 N–H and O–H groups in total. The van der Waals surface area contributed by atoms with Crippen LogP contribution in [0.25, 0.3) is 0 Å². The van der Waals surface area contributed by atoms with Crippen LogP contribution >= 0.6 is 0 Å². The fourth-order valence-corrected chi connectivity index (χ4v) is 1.94. The fourth-order valence-electron chi connectivity index (χ4n) is 1.94. The smallest absolute Gasteiger partial charge is 0.284 e. The molecule has 0 heterocycles. The molecule has 130 valence electrons. The predicted molar refractivity (Wildman–Crippen MR) is 82.6 cm³/mol. The third-order valence-electron chi connectivity index (χ3n) is 3.21. The lowest BCUT2D eigenvalue weighted by atomic mass is 10.0. The summed E-state index contributed by atoms with van der Waals surface area (Å²) < 4.78 is 0. The number of phenols is 1. The number of hydrogen-bond donors (Lipinski definition) is 5. The number of aliphatic hydroxyl groups excluding tert-OH is 1. The molecule has 0 aliphatic heterocycles. The lowest BCUT2D eigenvalue weighted by Crippen LogP contribution is -2.57. The van der Waals surface area contributed by atoms with E-state index >= 15 is 0 Å². The van der Waals surface area contributed by atoms with Gasteiger partial charge in [0, 0.05) is 6.42 Å². The zero-order valence-electron chi connectivity index (χ0n) is 12.9. The van der Waals surface area contributed by atoms with E-state index in [-0.39, 0.29) is 18.5 Å². The SMILES string of the molecule is C[C@@H](O)[C@@H](NC(=O)C=O)C(=O)N[C@H](Cc1ccc(O)cc1)C(N)=O. The standard InChI is InChI=1S/C15H19N3O6/c1-8(20)13(18-12(22)7-19)15(24)17-11(14(16)23)6-9-2-4-10(21)5-3-9/h2-5,7-8,11,13,20-21H,6H2,1H3,(H2,16,23)(H,17,24)(H,18,22)/t8-,11-,13-/m1/s1. The maximum Gasteiger partial charge on any atom is 0.284 e. The van der Waals surface area contributed by atoms with Crippen LogP contribution in [0.1, 0.15) is 12.5 Å². The van der Waals surface area contributed by atoms with Gasteiger partial charge in [0.1, 0.15) is 17.8 Å². The molecule has 1 rings (SSSR count). The Hall–Kier alpha value is -2.94. The van der Waals surface area contributed by atoms with E-state index in [2.05, 4.69) is 5.32 Å². The van der Waals surface area contributed by atoms with Crippen LogP contribution in [0.3, 0.4) is 0 Å². The molecule has 0 aliphatic carbocycles. The second kappa shape index (κ2) is 8.63. The molecule has 24 heavy (non-hydrogen) atoms. The van der Waals surface area contributed by atoms with Gasteiger partial charge in [-0.3, -0.25) is 19.2 Å². The van der Waals surface area contributed by atoms with Crippen LogP contribution in [0.2, 0.25) is 0 Å². The summed E-state index contributed by atoms with van der Waals surface area (Å²) in [5.41, 5.74) is 5.88. The van der Waals surface area contributed by atoms with Gasteiger partial charge in [0.15, 0.2) is 0 Å². The van der Waals surface area contributed by atoms with Gasteiger partial charge in [-0.15, -0.1) is 0 Å². The first kappa shape index (κ1) is 19.1. The zero-order chi connectivity index (χ0) is 18.3. The molecule has 0 bridgehead atoms. The maximum atomic E-state index is 12.1. The van der Waals surface area contributed by atoms with E-state index in [0.29, 0.717) is 5.56 Å². The highest BCUT2D eigenvalue weighted by Crippen LogP contribution is 2.11. The van der Waals surface area contributed by atoms with Crippen molar-refractivity contribution in [3.8, 4) is 5.75 Å². The third kappa shape index (κ3) is 5.69. The average molecular weight is 337 g/mol. The van der Waals surface area contributed by atoms with Crippen molar-refractivity contribution in [2.75, 3.05) is 0 Å². The minimum Gasteiger partial charge on any atom is -0.508 e. The number of primary amides is 1. The summed E-state index contributed by atoms with van der Waals surface area (Å²) in [6, 6.07) is 3.42. The number of phenolic OH excluding ortho intramolecular Hbond substituents is 1. The summed E-state index contributed by atoms with van der Waals surface area (Å²) in [5, 5.41) is 23.1. The highest BCUT2D eigenvalue weighted by Gasteiger charge is 2.29. The van der Waals surface area contributed by atoms with Gasteiger partial charge in [-0.05, 0) is 24.6 Å². The minimum atomic E-state index is -1.41. The number of nitrogens with one attached hydrogen (secondary N) is 2. The van der Waals surface area contributed by atoms with E-state index in [1.165, 1.54) is 19.1 Å². The Balaban J connectivity index is 2.83. The van der Waals surface area contributed by atoms with Crippen molar-refractivity contribution in [1.29, 1.82) is 0 Å². The Morgan fingerprint density at radius 3 is 2.25 bits per heavy atom. The summed E-state index contributed by atoms with van der Waals surface area (Å²) in [5.74, 6) is -2.71. The van der Waals surface area contributed by atoms with Crippen LogP contribution in [0.4, 0.5) is 0 Å². The fraction of sp³-hybridized carbons (Fsp3) is 0.333. The van der Waals surface area contributed by atoms with Crippen molar-refractivity contribution in [2.24, 2.45) is 5.73 Å². The number of aromatic hydroxyl groups is 1. The largest absolute Gasteiger partial charge is 0.508 e. The van der Waals surface area contributed by atoms with Gasteiger partial charge in [0.25, 0.3) is 5.91 Å². The maximum absolute atomic E-state index is 12.1. The van der Waals surface area contributed by atoms with E-state index in [9.17, 15) is 29.4 Å². The normalized spacial score (nSPS) is 14.1. The molecule has 0 radical (unpaired) electrons. The average Bonchev–Trinajstić information content (AvgIpc) is 2.53. The van der Waals surface area contributed by atoms with E-state index in [1.54, 1.807) is 12.1 Å². The van der Waals surface area contributed by atoms with Crippen LogP contribution < -0.4 is 16.4 Å². The molecule has 0 aliphatic rings. The molecule has 0 fully saturated rings. The first-order chi connectivity index (χ1) is 11.2. The Morgan fingerprint density at radius 1 is 1.21 bits per heavy atom. The second-order valence-corrected chi connectivity index (χ2v) is 5.18. The molecular formula is C15H19N3O6. The van der Waals surface area contributed by atoms with E-state index < -0.39 is 35.9 Å². The van der Waals surface area contributed by atoms with Crippen molar-refractivity contribution in [3.05, 3.63) is 29.8 Å². The Bertz CT molecular complexity index is 614. The first-order valence-corrected chi connectivity index (χ1v) is 7.06. The molecule has 0 spiro atoms. The third-order valence-corrected chi connectivity index (χ3v) is 3.21. The number of benzene rings is 1. The summed E-state index contributed by atoms with van der Waals surface area (Å²) >= 11 is 0. The van der Waals surface area contributed by atoms with Gasteiger partial charge in [-0.25, -0.2) is 0 Å². The number of hydrogen-bond acceptors (Lipinski definition) is 6. The number of carbonyl (C=O) groups excluding carboxylic acids is 4. The molecular weight excluding hydrogens is 318 g/mol. The summed E-state index contributed by atoms with van der Waals surface area (Å²) in [7, 11) is 0. The molecule has 1 aromatic carbocycles. The van der Waals surface area contributed by atoms with Crippen molar-refractivity contribution in [3.63, 3.8) is 0 Å². The monoisotopic (exact) mass is 337 g/mol. The Kier molecular flexibility index (Phi) is 6.87. The van der Waals surface area contributed by atoms with E-state index in [4.69, 9.17) is 5.73 Å². The second-order valence-electron chi connectivity index (χ2n) is 5.18. The molecule has 3 atom stereocenters. The molecule has 0 aromatic heterocycles. The molecule has 1 aromatic rings. The van der Waals surface area contributed by atoms with Crippen LogP contribution in [0, 0.1) is 0 Å². The minimum absolute atomic E-state index is 0.0370. The van der Waals surface area contributed by atoms with E-state index in [0.717, 1.165) is 0 Å². The quantitative estimate of drug-likeness (QED) is 0.272. The Labute approximate surface area is 137 Å². The van der Waals surface area contributed by atoms with Crippen molar-refractivity contribution in [1.82, 2.24) is 10.6 Å². The number of aliphatic hydroxyl groups is 1. The van der Waals surface area contributed by atoms with Crippen LogP contribution in [-0.4, -0.2) is 52.4 Å². The lowest BCUT2D eigenvalue weighted by Gasteiger charge is -2.23. The topological polar surface area (TPSA) is 159 Å².